The highest BCUT2D eigenvalue weighted by Gasteiger charge is 2.22. The highest BCUT2D eigenvalue weighted by molar-refractivity contribution is 7.89. The van der Waals surface area contributed by atoms with Crippen LogP contribution in [0.25, 0.3) is 0 Å². The Kier molecular flexibility index (Phi) is 5.49. The molecular weight excluding hydrogens is 334 g/mol. The number of carbonyl (C=O) groups excluding carboxylic acids is 1. The van der Waals surface area contributed by atoms with Crippen LogP contribution in [0.15, 0.2) is 23.1 Å². The van der Waals surface area contributed by atoms with Gasteiger partial charge in [0.2, 0.25) is 15.9 Å². The third kappa shape index (κ3) is 5.24. The van der Waals surface area contributed by atoms with Gasteiger partial charge in [-0.2, -0.15) is 0 Å². The quantitative estimate of drug-likeness (QED) is 0.616. The van der Waals surface area contributed by atoms with Crippen molar-refractivity contribution in [1.82, 2.24) is 10.0 Å². The van der Waals surface area contributed by atoms with Gasteiger partial charge < -0.3 is 5.32 Å². The molecule has 0 bridgehead atoms. The lowest BCUT2D eigenvalue weighted by Crippen LogP contribution is -2.45. The summed E-state index contributed by atoms with van der Waals surface area (Å²) in [4.78, 5) is 21.2. The molecule has 0 atom stereocenters. The van der Waals surface area contributed by atoms with Crippen molar-refractivity contribution >= 4 is 33.2 Å². The van der Waals surface area contributed by atoms with Gasteiger partial charge in [0.15, 0.2) is 0 Å². The molecule has 0 spiro atoms. The summed E-state index contributed by atoms with van der Waals surface area (Å²) >= 11 is 5.76. The van der Waals surface area contributed by atoms with Crippen molar-refractivity contribution in [1.29, 1.82) is 0 Å². The van der Waals surface area contributed by atoms with Gasteiger partial charge >= 0.3 is 0 Å². The van der Waals surface area contributed by atoms with Gasteiger partial charge in [-0.1, -0.05) is 11.6 Å². The van der Waals surface area contributed by atoms with Crippen LogP contribution < -0.4 is 10.0 Å². The monoisotopic (exact) mass is 349 g/mol. The maximum Gasteiger partial charge on any atom is 0.271 e. The Labute approximate surface area is 133 Å². The van der Waals surface area contributed by atoms with Gasteiger partial charge in [0.25, 0.3) is 5.69 Å². The summed E-state index contributed by atoms with van der Waals surface area (Å²) in [5.41, 5.74) is -0.817. The van der Waals surface area contributed by atoms with Gasteiger partial charge in [-0.05, 0) is 26.8 Å². The Bertz CT molecular complexity index is 697. The molecule has 2 N–H and O–H groups in total. The van der Waals surface area contributed by atoms with Gasteiger partial charge in [0.05, 0.1) is 16.5 Å². The first kappa shape index (κ1) is 18.3. The predicted molar refractivity (Wildman–Crippen MR) is 81.2 cm³/mol. The van der Waals surface area contributed by atoms with Crippen molar-refractivity contribution in [3.63, 3.8) is 0 Å². The SMILES string of the molecule is CC(C)(C)NC(=O)CNS(=O)(=O)c1ccc([N+](=O)[O-])cc1Cl. The number of carbonyl (C=O) groups is 1. The number of halogens is 1. The molecule has 0 aromatic heterocycles. The minimum Gasteiger partial charge on any atom is -0.350 e. The largest absolute Gasteiger partial charge is 0.350 e. The first-order valence-electron chi connectivity index (χ1n) is 6.17. The van der Waals surface area contributed by atoms with Gasteiger partial charge in [-0.3, -0.25) is 14.9 Å². The van der Waals surface area contributed by atoms with Crippen LogP contribution in [-0.2, 0) is 14.8 Å². The molecule has 1 rings (SSSR count). The van der Waals surface area contributed by atoms with E-state index in [4.69, 9.17) is 11.6 Å². The van der Waals surface area contributed by atoms with Crippen LogP contribution in [-0.4, -0.2) is 31.3 Å². The molecular formula is C12H16ClN3O5S. The number of amides is 1. The minimum atomic E-state index is -4.05. The van der Waals surface area contributed by atoms with Crippen molar-refractivity contribution in [2.45, 2.75) is 31.2 Å². The van der Waals surface area contributed by atoms with Crippen LogP contribution in [0.4, 0.5) is 5.69 Å². The molecule has 8 nitrogen and oxygen atoms in total. The molecule has 1 amide bonds. The van der Waals surface area contributed by atoms with Crippen LogP contribution in [0.2, 0.25) is 5.02 Å². The molecule has 0 saturated carbocycles. The van der Waals surface area contributed by atoms with Crippen LogP contribution in [0.5, 0.6) is 0 Å². The molecule has 0 aliphatic heterocycles. The highest BCUT2D eigenvalue weighted by Crippen LogP contribution is 2.25. The number of non-ortho nitro benzene ring substituents is 1. The maximum atomic E-state index is 12.1. The molecule has 0 saturated heterocycles. The zero-order chi connectivity index (χ0) is 17.1. The molecule has 1 aromatic rings. The van der Waals surface area contributed by atoms with Crippen molar-refractivity contribution < 1.29 is 18.1 Å². The fourth-order valence-electron chi connectivity index (χ4n) is 1.52. The van der Waals surface area contributed by atoms with Gasteiger partial charge in [0, 0.05) is 17.7 Å². The van der Waals surface area contributed by atoms with E-state index < -0.39 is 32.9 Å². The summed E-state index contributed by atoms with van der Waals surface area (Å²) in [5.74, 6) is -0.505. The molecule has 0 radical (unpaired) electrons. The molecule has 0 unspecified atom stereocenters. The smallest absolute Gasteiger partial charge is 0.271 e. The van der Waals surface area contributed by atoms with Crippen LogP contribution >= 0.6 is 11.6 Å². The summed E-state index contributed by atoms with van der Waals surface area (Å²) < 4.78 is 26.2. The molecule has 22 heavy (non-hydrogen) atoms. The number of hydrogen-bond acceptors (Lipinski definition) is 5. The van der Waals surface area contributed by atoms with E-state index in [1.807, 2.05) is 0 Å². The van der Waals surface area contributed by atoms with E-state index in [-0.39, 0.29) is 15.6 Å². The normalized spacial score (nSPS) is 12.0. The Balaban J connectivity index is 2.87. The molecule has 0 aliphatic carbocycles. The number of nitrogens with one attached hydrogen (secondary N) is 2. The second kappa shape index (κ2) is 6.59. The third-order valence-corrected chi connectivity index (χ3v) is 4.24. The fraction of sp³-hybridized carbons (Fsp3) is 0.417. The minimum absolute atomic E-state index is 0.294. The zero-order valence-corrected chi connectivity index (χ0v) is 13.8. The maximum absolute atomic E-state index is 12.1. The van der Waals surface area contributed by atoms with Gasteiger partial charge in [-0.25, -0.2) is 13.1 Å². The average Bonchev–Trinajstić information content (AvgIpc) is 2.34. The first-order valence-corrected chi connectivity index (χ1v) is 8.03. The molecule has 122 valence electrons. The van der Waals surface area contributed by atoms with E-state index in [1.165, 1.54) is 0 Å². The number of rotatable bonds is 5. The first-order chi connectivity index (χ1) is 9.92. The number of sulfonamides is 1. The molecule has 10 heteroatoms. The van der Waals surface area contributed by atoms with E-state index >= 15 is 0 Å². The van der Waals surface area contributed by atoms with Crippen molar-refractivity contribution in [2.24, 2.45) is 0 Å². The van der Waals surface area contributed by atoms with E-state index in [0.29, 0.717) is 0 Å². The fourth-order valence-corrected chi connectivity index (χ4v) is 3.04. The second-order valence-electron chi connectivity index (χ2n) is 5.49. The number of hydrogen-bond donors (Lipinski definition) is 2. The Morgan fingerprint density at radius 2 is 1.95 bits per heavy atom. The number of nitro groups is 1. The van der Waals surface area contributed by atoms with Crippen molar-refractivity contribution in [3.8, 4) is 0 Å². The Hall–Kier alpha value is -1.71. The van der Waals surface area contributed by atoms with Crippen LogP contribution in [0.1, 0.15) is 20.8 Å². The number of nitro benzene ring substituents is 1. The summed E-state index contributed by atoms with van der Waals surface area (Å²) in [6.45, 7) is 4.80. The Morgan fingerprint density at radius 1 is 1.36 bits per heavy atom. The van der Waals surface area contributed by atoms with E-state index in [0.717, 1.165) is 18.2 Å². The van der Waals surface area contributed by atoms with Gasteiger partial charge in [0.1, 0.15) is 4.90 Å². The summed E-state index contributed by atoms with van der Waals surface area (Å²) in [5, 5.41) is 12.9. The van der Waals surface area contributed by atoms with E-state index in [2.05, 4.69) is 10.0 Å². The van der Waals surface area contributed by atoms with E-state index in [1.54, 1.807) is 20.8 Å². The highest BCUT2D eigenvalue weighted by atomic mass is 35.5. The number of nitrogens with zero attached hydrogens (tertiary/aromatic N) is 1. The standard InChI is InChI=1S/C12H16ClN3O5S/c1-12(2,3)15-11(17)7-14-22(20,21)10-5-4-8(16(18)19)6-9(10)13/h4-6,14H,7H2,1-3H3,(H,15,17). The van der Waals surface area contributed by atoms with Crippen LogP contribution in [0.3, 0.4) is 0 Å². The topological polar surface area (TPSA) is 118 Å². The second-order valence-corrected chi connectivity index (χ2v) is 7.64. The Morgan fingerprint density at radius 3 is 2.41 bits per heavy atom. The third-order valence-electron chi connectivity index (χ3n) is 2.35. The lowest BCUT2D eigenvalue weighted by atomic mass is 10.1. The summed E-state index contributed by atoms with van der Waals surface area (Å²) in [6.07, 6.45) is 0. The molecule has 0 aliphatic rings. The zero-order valence-electron chi connectivity index (χ0n) is 12.2. The van der Waals surface area contributed by atoms with Crippen molar-refractivity contribution in [3.05, 3.63) is 33.3 Å². The lowest BCUT2D eigenvalue weighted by Gasteiger charge is -2.20. The summed E-state index contributed by atoms with van der Waals surface area (Å²) in [6, 6.07) is 2.98. The predicted octanol–water partition coefficient (Wildman–Crippen LogP) is 1.44. The average molecular weight is 350 g/mol. The van der Waals surface area contributed by atoms with Crippen LogP contribution in [0, 0.1) is 10.1 Å². The molecule has 0 fully saturated rings. The van der Waals surface area contributed by atoms with Crippen molar-refractivity contribution in [2.75, 3.05) is 6.54 Å². The number of benzene rings is 1. The lowest BCUT2D eigenvalue weighted by molar-refractivity contribution is -0.384. The molecule has 0 heterocycles. The van der Waals surface area contributed by atoms with E-state index in [9.17, 15) is 23.3 Å². The van der Waals surface area contributed by atoms with Gasteiger partial charge in [-0.15, -0.1) is 0 Å². The molecule has 1 aromatic carbocycles. The summed E-state index contributed by atoms with van der Waals surface area (Å²) in [7, 11) is -4.05.